The molecule has 0 aliphatic carbocycles. The Balaban J connectivity index is 1.57. The van der Waals surface area contributed by atoms with E-state index in [2.05, 4.69) is 43.9 Å². The molecule has 0 saturated carbocycles. The highest BCUT2D eigenvalue weighted by molar-refractivity contribution is 7.71. The maximum atomic E-state index is 5.42. The first kappa shape index (κ1) is 14.3. The van der Waals surface area contributed by atoms with Crippen LogP contribution in [0.5, 0.6) is 0 Å². The summed E-state index contributed by atoms with van der Waals surface area (Å²) in [5.74, 6) is 0.867. The van der Waals surface area contributed by atoms with Gasteiger partial charge in [0.05, 0.1) is 11.5 Å². The van der Waals surface area contributed by atoms with Crippen molar-refractivity contribution in [3.8, 4) is 10.7 Å². The van der Waals surface area contributed by atoms with E-state index in [9.17, 15) is 0 Å². The van der Waals surface area contributed by atoms with Crippen LogP contribution >= 0.6 is 34.9 Å². The van der Waals surface area contributed by atoms with Crippen LogP contribution in [0.25, 0.3) is 10.7 Å². The normalized spacial score (nSPS) is 19.0. The van der Waals surface area contributed by atoms with E-state index in [1.807, 2.05) is 22.1 Å². The first-order valence-electron chi connectivity index (χ1n) is 7.29. The topological polar surface area (TPSA) is 36.9 Å². The van der Waals surface area contributed by atoms with Gasteiger partial charge >= 0.3 is 0 Å². The van der Waals surface area contributed by atoms with Crippen LogP contribution < -0.4 is 0 Å². The van der Waals surface area contributed by atoms with Crippen molar-refractivity contribution in [1.82, 2.24) is 19.7 Å². The predicted octanol–water partition coefficient (Wildman–Crippen LogP) is 4.53. The van der Waals surface area contributed by atoms with Crippen LogP contribution in [0.3, 0.4) is 0 Å². The standard InChI is InChI=1S/C15H16N4S3/c20-15-16-14(13-6-3-9-22-13)17-19(15)10-18-7-1-4-11(18)12-5-2-8-21-12/h2-3,5-6,8-9,11H,1,4,7,10H2,(H,16,17,20)/t11-/m1/s1. The fourth-order valence-corrected chi connectivity index (χ4v) is 4.71. The quantitative estimate of drug-likeness (QED) is 0.704. The number of rotatable bonds is 4. The monoisotopic (exact) mass is 348 g/mol. The van der Waals surface area contributed by atoms with Crippen molar-refractivity contribution < 1.29 is 0 Å². The summed E-state index contributed by atoms with van der Waals surface area (Å²) in [4.78, 5) is 9.55. The molecule has 4 rings (SSSR count). The molecule has 4 nitrogen and oxygen atoms in total. The summed E-state index contributed by atoms with van der Waals surface area (Å²) in [6.45, 7) is 1.89. The third-order valence-corrected chi connectivity index (χ3v) is 6.15. The molecule has 3 aromatic heterocycles. The van der Waals surface area contributed by atoms with Gasteiger partial charge in [0, 0.05) is 17.5 Å². The number of hydrogen-bond acceptors (Lipinski definition) is 5. The maximum absolute atomic E-state index is 5.42. The van der Waals surface area contributed by atoms with Gasteiger partial charge in [-0.1, -0.05) is 12.1 Å². The largest absolute Gasteiger partial charge is 0.277 e. The SMILES string of the molecule is S=c1nc(-c2cccs2)[nH]n1CN1CCC[C@@H]1c1cccs1. The molecule has 3 aromatic rings. The molecule has 1 aliphatic rings. The Hall–Kier alpha value is -1.28. The highest BCUT2D eigenvalue weighted by Gasteiger charge is 2.27. The Morgan fingerprint density at radius 1 is 1.27 bits per heavy atom. The lowest BCUT2D eigenvalue weighted by atomic mass is 10.2. The van der Waals surface area contributed by atoms with Gasteiger partial charge in [0.1, 0.15) is 0 Å². The molecule has 7 heteroatoms. The van der Waals surface area contributed by atoms with Crippen molar-refractivity contribution in [2.75, 3.05) is 6.54 Å². The van der Waals surface area contributed by atoms with Gasteiger partial charge in [-0.05, 0) is 48.0 Å². The van der Waals surface area contributed by atoms with Crippen molar-refractivity contribution in [1.29, 1.82) is 0 Å². The van der Waals surface area contributed by atoms with Crippen LogP contribution in [0.4, 0.5) is 0 Å². The number of H-pyrrole nitrogens is 1. The van der Waals surface area contributed by atoms with Crippen LogP contribution in [0.15, 0.2) is 35.0 Å². The zero-order valence-electron chi connectivity index (χ0n) is 11.9. The summed E-state index contributed by atoms with van der Waals surface area (Å²) in [5, 5.41) is 7.56. The number of thiophene rings is 2. The van der Waals surface area contributed by atoms with E-state index >= 15 is 0 Å². The van der Waals surface area contributed by atoms with E-state index in [0.29, 0.717) is 10.8 Å². The molecule has 1 saturated heterocycles. The first-order chi connectivity index (χ1) is 10.8. The smallest absolute Gasteiger partial charge is 0.217 e. The Morgan fingerprint density at radius 2 is 2.14 bits per heavy atom. The van der Waals surface area contributed by atoms with E-state index in [1.165, 1.54) is 17.7 Å². The van der Waals surface area contributed by atoms with Gasteiger partial charge in [0.15, 0.2) is 5.82 Å². The molecule has 114 valence electrons. The Bertz CT molecular complexity index is 785. The number of aromatic nitrogens is 3. The van der Waals surface area contributed by atoms with Gasteiger partial charge in [-0.25, -0.2) is 4.68 Å². The van der Waals surface area contributed by atoms with Gasteiger partial charge in [0.2, 0.25) is 4.77 Å². The minimum atomic E-state index is 0.510. The summed E-state index contributed by atoms with van der Waals surface area (Å²) in [5.41, 5.74) is 0. The second kappa shape index (κ2) is 6.08. The van der Waals surface area contributed by atoms with Gasteiger partial charge in [-0.15, -0.1) is 22.7 Å². The predicted molar refractivity (Wildman–Crippen MR) is 93.7 cm³/mol. The molecule has 4 heterocycles. The van der Waals surface area contributed by atoms with Crippen molar-refractivity contribution in [3.63, 3.8) is 0 Å². The van der Waals surface area contributed by atoms with Crippen LogP contribution in [0.2, 0.25) is 0 Å². The molecule has 0 spiro atoms. The molecule has 0 radical (unpaired) electrons. The second-order valence-electron chi connectivity index (χ2n) is 5.39. The third-order valence-electron chi connectivity index (χ3n) is 3.99. The molecule has 22 heavy (non-hydrogen) atoms. The van der Waals surface area contributed by atoms with E-state index in [-0.39, 0.29) is 0 Å². The van der Waals surface area contributed by atoms with Gasteiger partial charge in [-0.2, -0.15) is 4.98 Å². The highest BCUT2D eigenvalue weighted by Crippen LogP contribution is 2.34. The maximum Gasteiger partial charge on any atom is 0.217 e. The lowest BCUT2D eigenvalue weighted by Gasteiger charge is -2.23. The summed E-state index contributed by atoms with van der Waals surface area (Å²) in [7, 11) is 0. The van der Waals surface area contributed by atoms with E-state index < -0.39 is 0 Å². The minimum absolute atomic E-state index is 0.510. The first-order valence-corrected chi connectivity index (χ1v) is 9.46. The molecule has 0 bridgehead atoms. The lowest BCUT2D eigenvalue weighted by Crippen LogP contribution is -2.26. The molecule has 1 atom stereocenters. The van der Waals surface area contributed by atoms with Crippen LogP contribution in [-0.2, 0) is 6.67 Å². The van der Waals surface area contributed by atoms with Crippen LogP contribution in [-0.4, -0.2) is 26.2 Å². The molecule has 0 aromatic carbocycles. The molecule has 0 amide bonds. The number of hydrogen-bond donors (Lipinski definition) is 1. The molecule has 0 unspecified atom stereocenters. The molecule has 1 N–H and O–H groups in total. The molecule has 1 aliphatic heterocycles. The highest BCUT2D eigenvalue weighted by atomic mass is 32.1. The number of aromatic amines is 1. The Kier molecular flexibility index (Phi) is 3.96. The fourth-order valence-electron chi connectivity index (χ4n) is 2.96. The summed E-state index contributed by atoms with van der Waals surface area (Å²) in [6.07, 6.45) is 2.46. The van der Waals surface area contributed by atoms with Crippen LogP contribution in [0, 0.1) is 4.77 Å². The minimum Gasteiger partial charge on any atom is -0.277 e. The number of likely N-dealkylation sites (tertiary alicyclic amines) is 1. The zero-order chi connectivity index (χ0) is 14.9. The summed E-state index contributed by atoms with van der Waals surface area (Å²) < 4.78 is 2.61. The zero-order valence-corrected chi connectivity index (χ0v) is 14.4. The summed E-state index contributed by atoms with van der Waals surface area (Å²) in [6, 6.07) is 8.97. The molecular formula is C15H16N4S3. The van der Waals surface area contributed by atoms with Gasteiger partial charge in [0.25, 0.3) is 0 Å². The second-order valence-corrected chi connectivity index (χ2v) is 7.68. The molecule has 1 fully saturated rings. The summed E-state index contributed by atoms with van der Waals surface area (Å²) >= 11 is 8.94. The van der Waals surface area contributed by atoms with Crippen molar-refractivity contribution in [2.45, 2.75) is 25.6 Å². The third kappa shape index (κ3) is 2.69. The van der Waals surface area contributed by atoms with E-state index in [4.69, 9.17) is 12.2 Å². The van der Waals surface area contributed by atoms with E-state index in [1.54, 1.807) is 11.3 Å². The van der Waals surface area contributed by atoms with Crippen molar-refractivity contribution >= 4 is 34.9 Å². The van der Waals surface area contributed by atoms with Gasteiger partial charge in [-0.3, -0.25) is 10.00 Å². The van der Waals surface area contributed by atoms with Gasteiger partial charge < -0.3 is 0 Å². The number of nitrogens with zero attached hydrogens (tertiary/aromatic N) is 3. The van der Waals surface area contributed by atoms with Crippen LogP contribution in [0.1, 0.15) is 23.8 Å². The average Bonchev–Trinajstić information content (AvgIpc) is 3.27. The van der Waals surface area contributed by atoms with Crippen molar-refractivity contribution in [3.05, 3.63) is 44.7 Å². The van der Waals surface area contributed by atoms with Crippen molar-refractivity contribution in [2.24, 2.45) is 0 Å². The fraction of sp³-hybridized carbons (Fsp3) is 0.333. The molecular weight excluding hydrogens is 332 g/mol. The average molecular weight is 349 g/mol. The lowest BCUT2D eigenvalue weighted by molar-refractivity contribution is 0.192. The van der Waals surface area contributed by atoms with E-state index in [0.717, 1.165) is 23.9 Å². The number of nitrogens with one attached hydrogen (secondary N) is 1. The Labute approximate surface area is 142 Å². The Morgan fingerprint density at radius 3 is 2.91 bits per heavy atom.